The predicted molar refractivity (Wildman–Crippen MR) is 104 cm³/mol. The summed E-state index contributed by atoms with van der Waals surface area (Å²) in [5, 5.41) is 8.30. The van der Waals surface area contributed by atoms with Gasteiger partial charge in [0.05, 0.1) is 17.3 Å². The highest BCUT2D eigenvalue weighted by Gasteiger charge is 2.15. The SMILES string of the molecule is CCCCNCc1ccc(CNC(=O)c2csc3nc[nH]c(=O)c23)cc1. The average Bonchev–Trinajstić information content (AvgIpc) is 3.10. The van der Waals surface area contributed by atoms with Crippen LogP contribution in [0.2, 0.25) is 0 Å². The first-order valence-electron chi connectivity index (χ1n) is 8.70. The van der Waals surface area contributed by atoms with Gasteiger partial charge in [-0.05, 0) is 24.1 Å². The minimum Gasteiger partial charge on any atom is -0.348 e. The first-order valence-corrected chi connectivity index (χ1v) is 9.58. The van der Waals surface area contributed by atoms with Crippen molar-refractivity contribution >= 4 is 27.5 Å². The first-order chi connectivity index (χ1) is 12.7. The molecule has 0 saturated heterocycles. The molecule has 7 heteroatoms. The van der Waals surface area contributed by atoms with E-state index in [0.29, 0.717) is 22.3 Å². The van der Waals surface area contributed by atoms with E-state index in [1.54, 1.807) is 5.38 Å². The fraction of sp³-hybridized carbons (Fsp3) is 0.316. The van der Waals surface area contributed by atoms with Crippen molar-refractivity contribution in [2.75, 3.05) is 6.54 Å². The number of amides is 1. The Bertz CT molecular complexity index is 931. The Kier molecular flexibility index (Phi) is 6.14. The highest BCUT2D eigenvalue weighted by molar-refractivity contribution is 7.17. The Morgan fingerprint density at radius 2 is 1.92 bits per heavy atom. The lowest BCUT2D eigenvalue weighted by Gasteiger charge is -2.07. The molecule has 136 valence electrons. The van der Waals surface area contributed by atoms with Crippen LogP contribution in [0.1, 0.15) is 41.3 Å². The number of rotatable bonds is 8. The van der Waals surface area contributed by atoms with Gasteiger partial charge in [-0.25, -0.2) is 4.98 Å². The molecule has 6 nitrogen and oxygen atoms in total. The number of unbranched alkanes of at least 4 members (excludes halogenated alkanes) is 1. The van der Waals surface area contributed by atoms with Gasteiger partial charge in [-0.1, -0.05) is 37.6 Å². The Morgan fingerprint density at radius 1 is 1.19 bits per heavy atom. The van der Waals surface area contributed by atoms with Crippen molar-refractivity contribution in [2.45, 2.75) is 32.9 Å². The molecule has 0 aliphatic heterocycles. The van der Waals surface area contributed by atoms with Crippen molar-refractivity contribution in [3.8, 4) is 0 Å². The van der Waals surface area contributed by atoms with Crippen LogP contribution in [-0.4, -0.2) is 22.4 Å². The second-order valence-corrected chi connectivity index (χ2v) is 6.95. The standard InChI is InChI=1S/C19H22N4O2S/c1-2-3-8-20-9-13-4-6-14(7-5-13)10-21-17(24)15-11-26-19-16(15)18(25)22-12-23-19/h4-7,11-12,20H,2-3,8-10H2,1H3,(H,21,24)(H,22,23,25). The molecular weight excluding hydrogens is 348 g/mol. The van der Waals surface area contributed by atoms with E-state index in [-0.39, 0.29) is 11.5 Å². The van der Waals surface area contributed by atoms with Gasteiger partial charge in [-0.15, -0.1) is 11.3 Å². The number of benzene rings is 1. The van der Waals surface area contributed by atoms with Crippen LogP contribution in [0.3, 0.4) is 0 Å². The molecule has 1 aromatic carbocycles. The van der Waals surface area contributed by atoms with E-state index < -0.39 is 0 Å². The topological polar surface area (TPSA) is 86.9 Å². The van der Waals surface area contributed by atoms with E-state index in [9.17, 15) is 9.59 Å². The van der Waals surface area contributed by atoms with E-state index in [2.05, 4.69) is 39.7 Å². The molecular formula is C19H22N4O2S. The first kappa shape index (κ1) is 18.3. The van der Waals surface area contributed by atoms with Crippen LogP contribution < -0.4 is 16.2 Å². The van der Waals surface area contributed by atoms with E-state index in [0.717, 1.165) is 18.7 Å². The molecule has 0 bridgehead atoms. The summed E-state index contributed by atoms with van der Waals surface area (Å²) in [7, 11) is 0. The molecule has 3 aromatic rings. The second kappa shape index (κ2) is 8.73. The summed E-state index contributed by atoms with van der Waals surface area (Å²) in [5.41, 5.74) is 2.32. The lowest BCUT2D eigenvalue weighted by molar-refractivity contribution is 0.0953. The van der Waals surface area contributed by atoms with Gasteiger partial charge in [-0.2, -0.15) is 0 Å². The third-order valence-electron chi connectivity index (χ3n) is 4.13. The third-order valence-corrected chi connectivity index (χ3v) is 5.02. The molecule has 2 aromatic heterocycles. The van der Waals surface area contributed by atoms with Crippen molar-refractivity contribution in [1.82, 2.24) is 20.6 Å². The molecule has 0 saturated carbocycles. The van der Waals surface area contributed by atoms with Gasteiger partial charge in [0.1, 0.15) is 4.83 Å². The summed E-state index contributed by atoms with van der Waals surface area (Å²) in [6, 6.07) is 8.15. The smallest absolute Gasteiger partial charge is 0.260 e. The van der Waals surface area contributed by atoms with Gasteiger partial charge in [0, 0.05) is 18.5 Å². The predicted octanol–water partition coefficient (Wildman–Crippen LogP) is 2.80. The summed E-state index contributed by atoms with van der Waals surface area (Å²) in [4.78, 5) is 31.5. The molecule has 0 unspecified atom stereocenters. The summed E-state index contributed by atoms with van der Waals surface area (Å²) in [6.07, 6.45) is 3.72. The fourth-order valence-corrected chi connectivity index (χ4v) is 3.53. The molecule has 26 heavy (non-hydrogen) atoms. The van der Waals surface area contributed by atoms with Crippen molar-refractivity contribution < 1.29 is 4.79 Å². The Labute approximate surface area is 155 Å². The van der Waals surface area contributed by atoms with Crippen molar-refractivity contribution in [2.24, 2.45) is 0 Å². The van der Waals surface area contributed by atoms with Crippen molar-refractivity contribution in [3.05, 3.63) is 63.0 Å². The lowest BCUT2D eigenvalue weighted by atomic mass is 10.1. The zero-order valence-corrected chi connectivity index (χ0v) is 15.5. The minimum atomic E-state index is -0.290. The quantitative estimate of drug-likeness (QED) is 0.532. The number of nitrogens with one attached hydrogen (secondary N) is 3. The van der Waals surface area contributed by atoms with Gasteiger partial charge in [0.2, 0.25) is 0 Å². The molecule has 0 aliphatic rings. The van der Waals surface area contributed by atoms with E-state index in [1.165, 1.54) is 36.1 Å². The van der Waals surface area contributed by atoms with Crippen LogP contribution in [0.5, 0.6) is 0 Å². The number of carbonyl (C=O) groups excluding carboxylic acids is 1. The van der Waals surface area contributed by atoms with E-state index >= 15 is 0 Å². The van der Waals surface area contributed by atoms with Crippen molar-refractivity contribution in [3.63, 3.8) is 0 Å². The minimum absolute atomic E-state index is 0.264. The second-order valence-electron chi connectivity index (χ2n) is 6.09. The molecule has 3 rings (SSSR count). The zero-order valence-electron chi connectivity index (χ0n) is 14.7. The fourth-order valence-electron chi connectivity index (χ4n) is 2.64. The Hall–Kier alpha value is -2.51. The van der Waals surface area contributed by atoms with Gasteiger partial charge in [0.15, 0.2) is 0 Å². The summed E-state index contributed by atoms with van der Waals surface area (Å²) < 4.78 is 0. The summed E-state index contributed by atoms with van der Waals surface area (Å²) >= 11 is 1.29. The van der Waals surface area contributed by atoms with E-state index in [4.69, 9.17) is 0 Å². The molecule has 3 N–H and O–H groups in total. The Balaban J connectivity index is 1.58. The number of fused-ring (bicyclic) bond motifs is 1. The van der Waals surface area contributed by atoms with Gasteiger partial charge >= 0.3 is 0 Å². The van der Waals surface area contributed by atoms with Gasteiger partial charge in [0.25, 0.3) is 11.5 Å². The number of H-pyrrole nitrogens is 1. The molecule has 1 amide bonds. The van der Waals surface area contributed by atoms with Crippen LogP contribution in [0.25, 0.3) is 10.2 Å². The molecule has 0 atom stereocenters. The number of hydrogen-bond donors (Lipinski definition) is 3. The van der Waals surface area contributed by atoms with Crippen molar-refractivity contribution in [1.29, 1.82) is 0 Å². The molecule has 0 radical (unpaired) electrons. The molecule has 0 spiro atoms. The van der Waals surface area contributed by atoms with Gasteiger partial charge in [-0.3, -0.25) is 9.59 Å². The van der Waals surface area contributed by atoms with E-state index in [1.807, 2.05) is 12.1 Å². The van der Waals surface area contributed by atoms with Gasteiger partial charge < -0.3 is 15.6 Å². The van der Waals surface area contributed by atoms with Crippen LogP contribution in [0, 0.1) is 0 Å². The average molecular weight is 370 g/mol. The maximum Gasteiger partial charge on any atom is 0.260 e. The molecule has 0 fully saturated rings. The highest BCUT2D eigenvalue weighted by atomic mass is 32.1. The van der Waals surface area contributed by atoms with Crippen LogP contribution >= 0.6 is 11.3 Å². The molecule has 2 heterocycles. The number of carbonyl (C=O) groups is 1. The largest absolute Gasteiger partial charge is 0.348 e. The molecule has 0 aliphatic carbocycles. The normalized spacial score (nSPS) is 11.0. The number of aromatic amines is 1. The van der Waals surface area contributed by atoms with Crippen LogP contribution in [-0.2, 0) is 13.1 Å². The number of aromatic nitrogens is 2. The third kappa shape index (κ3) is 4.36. The maximum absolute atomic E-state index is 12.4. The van der Waals surface area contributed by atoms with Crippen LogP contribution in [0.4, 0.5) is 0 Å². The maximum atomic E-state index is 12.4. The lowest BCUT2D eigenvalue weighted by Crippen LogP contribution is -2.24. The highest BCUT2D eigenvalue weighted by Crippen LogP contribution is 2.20. The monoisotopic (exact) mass is 370 g/mol. The summed E-state index contributed by atoms with van der Waals surface area (Å²) in [6.45, 7) is 4.47. The number of hydrogen-bond acceptors (Lipinski definition) is 5. The summed E-state index contributed by atoms with van der Waals surface area (Å²) in [5.74, 6) is -0.264. The number of nitrogens with zero attached hydrogens (tertiary/aromatic N) is 1. The van der Waals surface area contributed by atoms with Crippen LogP contribution in [0.15, 0.2) is 40.8 Å². The zero-order chi connectivity index (χ0) is 18.4. The Morgan fingerprint density at radius 3 is 2.65 bits per heavy atom. The number of thiophene rings is 1.